The van der Waals surface area contributed by atoms with Crippen molar-refractivity contribution in [3.05, 3.63) is 36.4 Å². The normalized spacial score (nSPS) is 11.0. The summed E-state index contributed by atoms with van der Waals surface area (Å²) < 4.78 is 9.53. The largest absolute Gasteiger partial charge is 0.497 e. The molecule has 2 rings (SSSR count). The minimum atomic E-state index is 0.418. The second-order valence-corrected chi connectivity index (χ2v) is 4.82. The van der Waals surface area contributed by atoms with Gasteiger partial charge in [0, 0.05) is 5.69 Å². The van der Waals surface area contributed by atoms with Gasteiger partial charge < -0.3 is 16.2 Å². The smallest absolute Gasteiger partial charge is 0.120 e. The van der Waals surface area contributed by atoms with Crippen LogP contribution in [0.1, 0.15) is 0 Å². The Morgan fingerprint density at radius 3 is 2.45 bits per heavy atom. The predicted molar refractivity (Wildman–Crippen MR) is 83.1 cm³/mol. The van der Waals surface area contributed by atoms with E-state index < -0.39 is 0 Å². The molecule has 5 N–H and O–H groups in total. The highest BCUT2D eigenvalue weighted by molar-refractivity contribution is 7.94. The van der Waals surface area contributed by atoms with Crippen molar-refractivity contribution in [3.8, 4) is 5.75 Å². The van der Waals surface area contributed by atoms with Crippen molar-refractivity contribution in [2.45, 2.75) is 4.90 Å². The van der Waals surface area contributed by atoms with Crippen LogP contribution in [-0.2, 0) is 9.37 Å². The molecule has 2 aromatic carbocycles. The number of hydrogen-bond acceptors (Lipinski definition) is 9. The first-order valence-corrected chi connectivity index (χ1v) is 6.77. The minimum Gasteiger partial charge on any atom is -0.497 e. The lowest BCUT2D eigenvalue weighted by Gasteiger charge is -2.05. The van der Waals surface area contributed by atoms with Gasteiger partial charge in [-0.3, -0.25) is 0 Å². The maximum absolute atomic E-state index is 8.26. The third-order valence-electron chi connectivity index (χ3n) is 2.64. The molecule has 0 spiro atoms. The molecule has 0 aliphatic carbocycles. The monoisotopic (exact) mass is 322 g/mol. The van der Waals surface area contributed by atoms with Gasteiger partial charge in [0.2, 0.25) is 0 Å². The minimum absolute atomic E-state index is 0.418. The van der Waals surface area contributed by atoms with Crippen LogP contribution >= 0.6 is 12.0 Å². The van der Waals surface area contributed by atoms with Gasteiger partial charge in [0.25, 0.3) is 0 Å². The van der Waals surface area contributed by atoms with Crippen LogP contribution in [0.3, 0.4) is 0 Å². The third kappa shape index (κ3) is 4.09. The Morgan fingerprint density at radius 1 is 1.05 bits per heavy atom. The van der Waals surface area contributed by atoms with Gasteiger partial charge in [-0.15, -0.1) is 14.6 Å². The Morgan fingerprint density at radius 2 is 1.77 bits per heavy atom. The van der Waals surface area contributed by atoms with Crippen molar-refractivity contribution in [1.82, 2.24) is 0 Å². The molecule has 8 nitrogen and oxygen atoms in total. The number of hydrogen-bond donors (Lipinski definition) is 3. The van der Waals surface area contributed by atoms with Crippen molar-refractivity contribution in [2.24, 2.45) is 10.2 Å². The van der Waals surface area contributed by atoms with Gasteiger partial charge in [-0.25, -0.2) is 5.26 Å². The van der Waals surface area contributed by atoms with Crippen LogP contribution in [0, 0.1) is 0 Å². The fourth-order valence-electron chi connectivity index (χ4n) is 1.59. The molecule has 0 aliphatic rings. The fraction of sp³-hybridized carbons (Fsp3) is 0.0769. The number of nitrogens with zero attached hydrogens (tertiary/aromatic N) is 2. The Labute approximate surface area is 130 Å². The summed E-state index contributed by atoms with van der Waals surface area (Å²) >= 11 is 0.761. The molecule has 116 valence electrons. The Hall–Kier alpha value is -2.33. The molecule has 0 bridgehead atoms. The summed E-state index contributed by atoms with van der Waals surface area (Å²) in [6.45, 7) is 0. The average Bonchev–Trinajstić information content (AvgIpc) is 2.52. The number of anilines is 2. The van der Waals surface area contributed by atoms with Crippen molar-refractivity contribution >= 4 is 34.8 Å². The van der Waals surface area contributed by atoms with Gasteiger partial charge in [-0.2, -0.15) is 0 Å². The average molecular weight is 322 g/mol. The summed E-state index contributed by atoms with van der Waals surface area (Å²) in [7, 11) is 1.53. The van der Waals surface area contributed by atoms with Crippen LogP contribution in [0.4, 0.5) is 22.7 Å². The molecule has 0 aromatic heterocycles. The van der Waals surface area contributed by atoms with E-state index in [-0.39, 0.29) is 0 Å². The van der Waals surface area contributed by atoms with Crippen LogP contribution in [0.25, 0.3) is 0 Å². The number of rotatable bonds is 6. The van der Waals surface area contributed by atoms with Crippen molar-refractivity contribution in [3.63, 3.8) is 0 Å². The highest BCUT2D eigenvalue weighted by atomic mass is 32.2. The quantitative estimate of drug-likeness (QED) is 0.243. The standard InChI is InChI=1S/C13H14N4O4S/c1-19-9-3-5-12(13(7-9)22-21-20-18)17-16-11-4-2-8(14)6-10(11)15/h2-7,18H,14-15H2,1H3/b17-16+. The molecule has 2 aromatic rings. The van der Waals surface area contributed by atoms with Crippen molar-refractivity contribution in [1.29, 1.82) is 0 Å². The first-order chi connectivity index (χ1) is 10.6. The Kier molecular flexibility index (Phi) is 5.55. The molecule has 0 saturated heterocycles. The molecule has 0 fully saturated rings. The van der Waals surface area contributed by atoms with Crippen LogP contribution < -0.4 is 16.2 Å². The number of methoxy groups -OCH3 is 1. The topological polar surface area (TPSA) is 125 Å². The summed E-state index contributed by atoms with van der Waals surface area (Å²) in [4.78, 5) is 0.533. The van der Waals surface area contributed by atoms with Gasteiger partial charge in [0.15, 0.2) is 0 Å². The van der Waals surface area contributed by atoms with Crippen LogP contribution in [0.15, 0.2) is 51.5 Å². The summed E-state index contributed by atoms with van der Waals surface area (Å²) in [5.41, 5.74) is 13.4. The van der Waals surface area contributed by atoms with E-state index in [2.05, 4.69) is 19.6 Å². The lowest BCUT2D eigenvalue weighted by Crippen LogP contribution is -1.89. The predicted octanol–water partition coefficient (Wildman–Crippen LogP) is 3.70. The summed E-state index contributed by atoms with van der Waals surface area (Å²) in [6, 6.07) is 9.99. The van der Waals surface area contributed by atoms with Crippen LogP contribution in [-0.4, -0.2) is 12.4 Å². The summed E-state index contributed by atoms with van der Waals surface area (Å²) in [5.74, 6) is 0.593. The Balaban J connectivity index is 2.28. The zero-order valence-corrected chi connectivity index (χ0v) is 12.4. The Bertz CT molecular complexity index is 681. The molecule has 0 heterocycles. The highest BCUT2D eigenvalue weighted by Gasteiger charge is 2.07. The van der Waals surface area contributed by atoms with Crippen LogP contribution in [0.5, 0.6) is 5.75 Å². The zero-order chi connectivity index (χ0) is 15.9. The molecule has 22 heavy (non-hydrogen) atoms. The van der Waals surface area contributed by atoms with E-state index in [4.69, 9.17) is 21.5 Å². The zero-order valence-electron chi connectivity index (χ0n) is 11.6. The van der Waals surface area contributed by atoms with Gasteiger partial charge in [-0.1, -0.05) is 5.04 Å². The van der Waals surface area contributed by atoms with Gasteiger partial charge >= 0.3 is 0 Å². The van der Waals surface area contributed by atoms with Gasteiger partial charge in [0.05, 0.1) is 29.7 Å². The van der Waals surface area contributed by atoms with Crippen molar-refractivity contribution in [2.75, 3.05) is 18.6 Å². The number of azo groups is 1. The van der Waals surface area contributed by atoms with Crippen LogP contribution in [0.2, 0.25) is 0 Å². The SMILES string of the molecule is COc1ccc(/N=N/c2ccc(N)cc2N)c(SOOO)c1. The third-order valence-corrected chi connectivity index (χ3v) is 3.27. The lowest BCUT2D eigenvalue weighted by atomic mass is 10.2. The van der Waals surface area contributed by atoms with E-state index >= 15 is 0 Å². The first kappa shape index (κ1) is 16.0. The lowest BCUT2D eigenvalue weighted by molar-refractivity contribution is -0.432. The maximum Gasteiger partial charge on any atom is 0.120 e. The van der Waals surface area contributed by atoms with E-state index in [9.17, 15) is 0 Å². The molecule has 0 unspecified atom stereocenters. The molecular formula is C13H14N4O4S. The number of nitrogen functional groups attached to an aromatic ring is 2. The number of benzene rings is 2. The molecule has 0 atom stereocenters. The maximum atomic E-state index is 8.26. The fourth-order valence-corrected chi connectivity index (χ4v) is 2.06. The van der Waals surface area contributed by atoms with Gasteiger partial charge in [0.1, 0.15) is 17.1 Å². The van der Waals surface area contributed by atoms with Crippen molar-refractivity contribution < 1.29 is 19.4 Å². The molecule has 0 radical (unpaired) electrons. The second-order valence-electron chi connectivity index (χ2n) is 4.08. The number of ether oxygens (including phenoxy) is 1. The highest BCUT2D eigenvalue weighted by Crippen LogP contribution is 2.35. The van der Waals surface area contributed by atoms with Gasteiger partial charge in [-0.05, 0) is 36.4 Å². The second kappa shape index (κ2) is 7.61. The summed E-state index contributed by atoms with van der Waals surface area (Å²) in [5, 5.41) is 20.0. The molecule has 0 amide bonds. The molecular weight excluding hydrogens is 308 g/mol. The van der Waals surface area contributed by atoms with E-state index in [0.29, 0.717) is 33.4 Å². The molecule has 9 heteroatoms. The number of nitrogens with two attached hydrogens (primary N) is 2. The first-order valence-electron chi connectivity index (χ1n) is 6.03. The van der Waals surface area contributed by atoms with E-state index in [1.165, 1.54) is 7.11 Å². The van der Waals surface area contributed by atoms with E-state index in [0.717, 1.165) is 12.0 Å². The molecule has 0 saturated carbocycles. The summed E-state index contributed by atoms with van der Waals surface area (Å²) in [6.07, 6.45) is 0. The van der Waals surface area contributed by atoms with E-state index in [1.54, 1.807) is 36.4 Å². The molecule has 0 aliphatic heterocycles. The van der Waals surface area contributed by atoms with E-state index in [1.807, 2.05) is 0 Å².